The van der Waals surface area contributed by atoms with E-state index in [1.165, 1.54) is 22.5 Å². The van der Waals surface area contributed by atoms with E-state index in [-0.39, 0.29) is 21.6 Å². The van der Waals surface area contributed by atoms with Crippen molar-refractivity contribution in [3.63, 3.8) is 0 Å². The maximum absolute atomic E-state index is 12.5. The van der Waals surface area contributed by atoms with E-state index < -0.39 is 10.0 Å². The summed E-state index contributed by atoms with van der Waals surface area (Å²) in [5.74, 6) is 0. The fourth-order valence-electron chi connectivity index (χ4n) is 2.20. The van der Waals surface area contributed by atoms with Gasteiger partial charge in [-0.2, -0.15) is 9.57 Å². The number of methoxy groups -OCH3 is 1. The van der Waals surface area contributed by atoms with Gasteiger partial charge in [-0.15, -0.1) is 0 Å². The molecule has 0 amide bonds. The molecule has 7 heteroatoms. The minimum Gasteiger partial charge on any atom is -0.381 e. The van der Waals surface area contributed by atoms with Crippen LogP contribution in [0.15, 0.2) is 23.1 Å². The average molecular weight is 315 g/mol. The molecule has 1 heterocycles. The highest BCUT2D eigenvalue weighted by Crippen LogP contribution is 2.25. The Morgan fingerprint density at radius 1 is 1.40 bits per heavy atom. The lowest BCUT2D eigenvalue weighted by molar-refractivity contribution is 0.0604. The lowest BCUT2D eigenvalue weighted by Crippen LogP contribution is -2.40. The first kappa shape index (κ1) is 15.3. The molecule has 1 aromatic carbocycles. The van der Waals surface area contributed by atoms with Crippen LogP contribution in [0.3, 0.4) is 0 Å². The largest absolute Gasteiger partial charge is 0.381 e. The Hall–Kier alpha value is -1.13. The first-order valence-electron chi connectivity index (χ1n) is 6.21. The number of hydrogen-bond acceptors (Lipinski definition) is 4. The van der Waals surface area contributed by atoms with Gasteiger partial charge in [0.2, 0.25) is 10.0 Å². The highest BCUT2D eigenvalue weighted by atomic mass is 35.5. The Morgan fingerprint density at radius 3 is 2.55 bits per heavy atom. The monoisotopic (exact) mass is 314 g/mol. The third-order valence-electron chi connectivity index (χ3n) is 3.43. The van der Waals surface area contributed by atoms with E-state index in [2.05, 4.69) is 0 Å². The SMILES string of the molecule is COC1CCN(S(=O)(=O)c2ccc(C#N)c(Cl)c2)CC1. The van der Waals surface area contributed by atoms with Gasteiger partial charge in [-0.1, -0.05) is 11.6 Å². The number of rotatable bonds is 3. The summed E-state index contributed by atoms with van der Waals surface area (Å²) in [6.45, 7) is 0.858. The van der Waals surface area contributed by atoms with Crippen LogP contribution in [0.5, 0.6) is 0 Å². The van der Waals surface area contributed by atoms with Crippen molar-refractivity contribution >= 4 is 21.6 Å². The van der Waals surface area contributed by atoms with Crippen LogP contribution >= 0.6 is 11.6 Å². The van der Waals surface area contributed by atoms with Crippen LogP contribution in [0.25, 0.3) is 0 Å². The van der Waals surface area contributed by atoms with Gasteiger partial charge in [0.1, 0.15) is 6.07 Å². The summed E-state index contributed by atoms with van der Waals surface area (Å²) >= 11 is 5.89. The standard InChI is InChI=1S/C13H15ClN2O3S/c1-19-11-4-6-16(7-5-11)20(17,18)12-3-2-10(9-15)13(14)8-12/h2-3,8,11H,4-7H2,1H3. The van der Waals surface area contributed by atoms with E-state index in [9.17, 15) is 8.42 Å². The number of piperidine rings is 1. The van der Waals surface area contributed by atoms with Gasteiger partial charge < -0.3 is 4.74 Å². The second-order valence-electron chi connectivity index (χ2n) is 4.59. The predicted molar refractivity (Wildman–Crippen MR) is 75.0 cm³/mol. The van der Waals surface area contributed by atoms with Gasteiger partial charge in [0.15, 0.2) is 0 Å². The first-order chi connectivity index (χ1) is 9.48. The third-order valence-corrected chi connectivity index (χ3v) is 5.64. The minimum atomic E-state index is -3.56. The van der Waals surface area contributed by atoms with Crippen LogP contribution in [0, 0.1) is 11.3 Å². The molecule has 0 saturated carbocycles. The first-order valence-corrected chi connectivity index (χ1v) is 8.03. The summed E-state index contributed by atoms with van der Waals surface area (Å²) < 4.78 is 31.6. The van der Waals surface area contributed by atoms with Crippen LogP contribution in [0.4, 0.5) is 0 Å². The topological polar surface area (TPSA) is 70.4 Å². The zero-order valence-corrected chi connectivity index (χ0v) is 12.6. The number of nitrogens with zero attached hydrogens (tertiary/aromatic N) is 2. The van der Waals surface area contributed by atoms with E-state index in [0.717, 1.165) is 0 Å². The van der Waals surface area contributed by atoms with Crippen LogP contribution in [0.1, 0.15) is 18.4 Å². The van der Waals surface area contributed by atoms with Gasteiger partial charge in [0.25, 0.3) is 0 Å². The number of sulfonamides is 1. The van der Waals surface area contributed by atoms with Crippen molar-refractivity contribution in [3.05, 3.63) is 28.8 Å². The molecule has 20 heavy (non-hydrogen) atoms. The summed E-state index contributed by atoms with van der Waals surface area (Å²) in [5, 5.41) is 8.96. The Labute approximate surface area is 123 Å². The summed E-state index contributed by atoms with van der Waals surface area (Å²) in [6.07, 6.45) is 1.48. The molecule has 0 N–H and O–H groups in total. The highest BCUT2D eigenvalue weighted by Gasteiger charge is 2.29. The number of ether oxygens (including phenoxy) is 1. The molecule has 0 spiro atoms. The normalized spacial score (nSPS) is 17.9. The molecule has 0 unspecified atom stereocenters. The molecule has 0 aromatic heterocycles. The predicted octanol–water partition coefficient (Wildman–Crippen LogP) is 2.01. The minimum absolute atomic E-state index is 0.117. The van der Waals surface area contributed by atoms with E-state index in [1.807, 2.05) is 6.07 Å². The van der Waals surface area contributed by atoms with Crippen molar-refractivity contribution in [1.29, 1.82) is 5.26 Å². The van der Waals surface area contributed by atoms with Gasteiger partial charge in [0, 0.05) is 20.2 Å². The van der Waals surface area contributed by atoms with Gasteiger partial charge in [-0.05, 0) is 31.0 Å². The molecule has 108 valence electrons. The molecular weight excluding hydrogens is 300 g/mol. The van der Waals surface area contributed by atoms with E-state index in [4.69, 9.17) is 21.6 Å². The molecule has 2 rings (SSSR count). The molecule has 1 aromatic rings. The van der Waals surface area contributed by atoms with Gasteiger partial charge in [0.05, 0.1) is 21.6 Å². The Morgan fingerprint density at radius 2 is 2.05 bits per heavy atom. The maximum atomic E-state index is 12.5. The third kappa shape index (κ3) is 2.96. The van der Waals surface area contributed by atoms with Crippen molar-refractivity contribution in [2.45, 2.75) is 23.8 Å². The highest BCUT2D eigenvalue weighted by molar-refractivity contribution is 7.89. The van der Waals surface area contributed by atoms with E-state index in [0.29, 0.717) is 25.9 Å². The fraction of sp³-hybridized carbons (Fsp3) is 0.462. The second-order valence-corrected chi connectivity index (χ2v) is 6.94. The van der Waals surface area contributed by atoms with Crippen LogP contribution in [0.2, 0.25) is 5.02 Å². The molecule has 1 fully saturated rings. The van der Waals surface area contributed by atoms with Crippen molar-refractivity contribution in [1.82, 2.24) is 4.31 Å². The molecule has 1 aliphatic rings. The van der Waals surface area contributed by atoms with Crippen LogP contribution in [-0.4, -0.2) is 39.0 Å². The fourth-order valence-corrected chi connectivity index (χ4v) is 3.99. The molecular formula is C13H15ClN2O3S. The number of hydrogen-bond donors (Lipinski definition) is 0. The van der Waals surface area contributed by atoms with Crippen molar-refractivity contribution in [2.75, 3.05) is 20.2 Å². The molecule has 1 aliphatic heterocycles. The molecule has 5 nitrogen and oxygen atoms in total. The summed E-state index contributed by atoms with van der Waals surface area (Å²) in [4.78, 5) is 0.123. The Balaban J connectivity index is 2.23. The van der Waals surface area contributed by atoms with Crippen LogP contribution < -0.4 is 0 Å². The number of nitriles is 1. The second kappa shape index (κ2) is 6.10. The summed E-state index contributed by atoms with van der Waals surface area (Å²) in [6, 6.07) is 6.09. The summed E-state index contributed by atoms with van der Waals surface area (Å²) in [7, 11) is -1.92. The quantitative estimate of drug-likeness (QED) is 0.855. The molecule has 0 atom stereocenters. The zero-order chi connectivity index (χ0) is 14.8. The number of halogens is 1. The Bertz CT molecular complexity index is 632. The molecule has 1 saturated heterocycles. The van der Waals surface area contributed by atoms with Crippen LogP contribution in [-0.2, 0) is 14.8 Å². The van der Waals surface area contributed by atoms with Gasteiger partial charge >= 0.3 is 0 Å². The zero-order valence-electron chi connectivity index (χ0n) is 11.0. The van der Waals surface area contributed by atoms with E-state index in [1.54, 1.807) is 7.11 Å². The lowest BCUT2D eigenvalue weighted by Gasteiger charge is -2.30. The van der Waals surface area contributed by atoms with Gasteiger partial charge in [-0.3, -0.25) is 0 Å². The van der Waals surface area contributed by atoms with E-state index >= 15 is 0 Å². The smallest absolute Gasteiger partial charge is 0.243 e. The van der Waals surface area contributed by atoms with Crippen molar-refractivity contribution < 1.29 is 13.2 Å². The lowest BCUT2D eigenvalue weighted by atomic mass is 10.1. The number of benzene rings is 1. The maximum Gasteiger partial charge on any atom is 0.243 e. The molecule has 0 bridgehead atoms. The summed E-state index contributed by atoms with van der Waals surface area (Å²) in [5.41, 5.74) is 0.267. The van der Waals surface area contributed by atoms with Crippen molar-refractivity contribution in [2.24, 2.45) is 0 Å². The van der Waals surface area contributed by atoms with Crippen molar-refractivity contribution in [3.8, 4) is 6.07 Å². The Kier molecular flexibility index (Phi) is 4.66. The molecule has 0 aliphatic carbocycles. The molecule has 0 radical (unpaired) electrons. The average Bonchev–Trinajstić information content (AvgIpc) is 2.47. The van der Waals surface area contributed by atoms with Gasteiger partial charge in [-0.25, -0.2) is 8.42 Å².